The van der Waals surface area contributed by atoms with Gasteiger partial charge >= 0.3 is 0 Å². The lowest BCUT2D eigenvalue weighted by atomic mass is 10.2. The van der Waals surface area contributed by atoms with E-state index in [-0.39, 0.29) is 5.02 Å². The predicted octanol–water partition coefficient (Wildman–Crippen LogP) is 3.74. The van der Waals surface area contributed by atoms with Gasteiger partial charge in [0.05, 0.1) is 17.3 Å². The highest BCUT2D eigenvalue weighted by Crippen LogP contribution is 2.23. The summed E-state index contributed by atoms with van der Waals surface area (Å²) in [6.45, 7) is 0.324. The van der Waals surface area contributed by atoms with Crippen LogP contribution in [0.5, 0.6) is 0 Å². The van der Waals surface area contributed by atoms with Gasteiger partial charge in [0.25, 0.3) is 0 Å². The summed E-state index contributed by atoms with van der Waals surface area (Å²) in [7, 11) is 1.56. The molecule has 1 aromatic heterocycles. The molecule has 0 radical (unpaired) electrons. The SMILES string of the molecule is COCc1cc(Cl)nc(-c2ccc(F)c(Cl)c2)n1. The summed E-state index contributed by atoms with van der Waals surface area (Å²) in [5, 5.41) is 0.317. The van der Waals surface area contributed by atoms with E-state index in [9.17, 15) is 4.39 Å². The Morgan fingerprint density at radius 2 is 2.00 bits per heavy atom. The van der Waals surface area contributed by atoms with E-state index in [4.69, 9.17) is 27.9 Å². The summed E-state index contributed by atoms with van der Waals surface area (Å²) in [6, 6.07) is 5.88. The molecule has 2 rings (SSSR count). The number of halogens is 3. The Balaban J connectivity index is 2.46. The molecule has 0 saturated heterocycles. The van der Waals surface area contributed by atoms with Crippen molar-refractivity contribution in [1.29, 1.82) is 0 Å². The molecule has 0 unspecified atom stereocenters. The van der Waals surface area contributed by atoms with E-state index >= 15 is 0 Å². The zero-order chi connectivity index (χ0) is 13.1. The molecule has 0 saturated carbocycles. The van der Waals surface area contributed by atoms with Crippen LogP contribution >= 0.6 is 23.2 Å². The molecule has 0 bridgehead atoms. The molecule has 0 fully saturated rings. The first-order valence-corrected chi connectivity index (χ1v) is 5.83. The van der Waals surface area contributed by atoms with E-state index in [0.717, 1.165) is 0 Å². The van der Waals surface area contributed by atoms with E-state index in [1.807, 2.05) is 0 Å². The van der Waals surface area contributed by atoms with Gasteiger partial charge in [-0.25, -0.2) is 14.4 Å². The second kappa shape index (κ2) is 5.61. The van der Waals surface area contributed by atoms with E-state index < -0.39 is 5.82 Å². The van der Waals surface area contributed by atoms with Gasteiger partial charge in [0, 0.05) is 12.7 Å². The van der Waals surface area contributed by atoms with Gasteiger partial charge in [-0.1, -0.05) is 23.2 Å². The van der Waals surface area contributed by atoms with Crippen molar-refractivity contribution >= 4 is 23.2 Å². The van der Waals surface area contributed by atoms with Crippen LogP contribution in [0, 0.1) is 5.82 Å². The highest BCUT2D eigenvalue weighted by atomic mass is 35.5. The maximum absolute atomic E-state index is 13.1. The molecule has 0 atom stereocenters. The first kappa shape index (κ1) is 13.2. The van der Waals surface area contributed by atoms with Crippen LogP contribution in [0.4, 0.5) is 4.39 Å². The molecule has 0 aliphatic rings. The van der Waals surface area contributed by atoms with Crippen LogP contribution in [0.2, 0.25) is 10.2 Å². The van der Waals surface area contributed by atoms with Gasteiger partial charge in [0.2, 0.25) is 0 Å². The maximum Gasteiger partial charge on any atom is 0.161 e. The van der Waals surface area contributed by atoms with Crippen molar-refractivity contribution < 1.29 is 9.13 Å². The molecule has 18 heavy (non-hydrogen) atoms. The van der Waals surface area contributed by atoms with Crippen molar-refractivity contribution in [3.63, 3.8) is 0 Å². The molecule has 3 nitrogen and oxygen atoms in total. The van der Waals surface area contributed by atoms with E-state index in [1.54, 1.807) is 19.2 Å². The van der Waals surface area contributed by atoms with Crippen LogP contribution in [-0.4, -0.2) is 17.1 Å². The molecule has 6 heteroatoms. The highest BCUT2D eigenvalue weighted by Gasteiger charge is 2.08. The number of benzene rings is 1. The summed E-state index contributed by atoms with van der Waals surface area (Å²) in [6.07, 6.45) is 0. The molecular weight excluding hydrogens is 278 g/mol. The first-order valence-electron chi connectivity index (χ1n) is 5.08. The van der Waals surface area contributed by atoms with Crippen molar-refractivity contribution in [3.8, 4) is 11.4 Å². The number of nitrogens with zero attached hydrogens (tertiary/aromatic N) is 2. The van der Waals surface area contributed by atoms with Crippen LogP contribution in [0.15, 0.2) is 24.3 Å². The fourth-order valence-corrected chi connectivity index (χ4v) is 1.84. The highest BCUT2D eigenvalue weighted by molar-refractivity contribution is 6.31. The summed E-state index contributed by atoms with van der Waals surface area (Å²) in [5.74, 6) is -0.101. The van der Waals surface area contributed by atoms with Crippen LogP contribution in [0.3, 0.4) is 0 Å². The molecule has 94 valence electrons. The van der Waals surface area contributed by atoms with Gasteiger partial charge in [0.1, 0.15) is 11.0 Å². The van der Waals surface area contributed by atoms with E-state index in [1.165, 1.54) is 12.1 Å². The number of hydrogen-bond acceptors (Lipinski definition) is 3. The Labute approximate surface area is 114 Å². The second-order valence-electron chi connectivity index (χ2n) is 3.57. The van der Waals surface area contributed by atoms with Gasteiger partial charge in [-0.2, -0.15) is 0 Å². The van der Waals surface area contributed by atoms with Crippen molar-refractivity contribution in [2.45, 2.75) is 6.61 Å². The fraction of sp³-hybridized carbons (Fsp3) is 0.167. The quantitative estimate of drug-likeness (QED) is 0.807. The zero-order valence-corrected chi connectivity index (χ0v) is 11.0. The third-order valence-corrected chi connectivity index (χ3v) is 2.70. The molecule has 0 spiro atoms. The van der Waals surface area contributed by atoms with Gasteiger partial charge in [-0.3, -0.25) is 0 Å². The minimum absolute atomic E-state index is 0.0179. The summed E-state index contributed by atoms with van der Waals surface area (Å²) < 4.78 is 18.1. The molecular formula is C12H9Cl2FN2O. The predicted molar refractivity (Wildman–Crippen MR) is 68.2 cm³/mol. The number of ether oxygens (including phenoxy) is 1. The topological polar surface area (TPSA) is 35.0 Å². The lowest BCUT2D eigenvalue weighted by molar-refractivity contribution is 0.181. The van der Waals surface area contributed by atoms with Crippen LogP contribution in [0.1, 0.15) is 5.69 Å². The Bertz CT molecular complexity index is 578. The molecule has 1 aromatic carbocycles. The monoisotopic (exact) mass is 286 g/mol. The standard InChI is InChI=1S/C12H9Cl2FN2O/c1-18-6-8-5-11(14)17-12(16-8)7-2-3-10(15)9(13)4-7/h2-5H,6H2,1H3. The van der Waals surface area contributed by atoms with E-state index in [0.29, 0.717) is 28.8 Å². The summed E-state index contributed by atoms with van der Waals surface area (Å²) >= 11 is 11.6. The van der Waals surface area contributed by atoms with Crippen LogP contribution < -0.4 is 0 Å². The lowest BCUT2D eigenvalue weighted by Gasteiger charge is -2.05. The van der Waals surface area contributed by atoms with Crippen molar-refractivity contribution in [2.24, 2.45) is 0 Å². The Kier molecular flexibility index (Phi) is 4.11. The molecule has 0 N–H and O–H groups in total. The number of aromatic nitrogens is 2. The third kappa shape index (κ3) is 2.96. The second-order valence-corrected chi connectivity index (χ2v) is 4.36. The minimum Gasteiger partial charge on any atom is -0.378 e. The summed E-state index contributed by atoms with van der Waals surface area (Å²) in [4.78, 5) is 8.34. The molecule has 2 aromatic rings. The Morgan fingerprint density at radius 1 is 1.22 bits per heavy atom. The van der Waals surface area contributed by atoms with Gasteiger partial charge in [0.15, 0.2) is 5.82 Å². The van der Waals surface area contributed by atoms with Crippen molar-refractivity contribution in [1.82, 2.24) is 9.97 Å². The molecule has 0 aliphatic heterocycles. The average molecular weight is 287 g/mol. The van der Waals surface area contributed by atoms with Crippen molar-refractivity contribution in [3.05, 3.63) is 46.0 Å². The molecule has 0 amide bonds. The fourth-order valence-electron chi connectivity index (χ4n) is 1.45. The molecule has 0 aliphatic carbocycles. The number of methoxy groups -OCH3 is 1. The van der Waals surface area contributed by atoms with Gasteiger partial charge in [-0.15, -0.1) is 0 Å². The first-order chi connectivity index (χ1) is 8.60. The lowest BCUT2D eigenvalue weighted by Crippen LogP contribution is -1.97. The normalized spacial score (nSPS) is 10.7. The third-order valence-electron chi connectivity index (χ3n) is 2.22. The maximum atomic E-state index is 13.1. The van der Waals surface area contributed by atoms with Gasteiger partial charge < -0.3 is 4.74 Å². The van der Waals surface area contributed by atoms with Crippen LogP contribution in [0.25, 0.3) is 11.4 Å². The van der Waals surface area contributed by atoms with Crippen LogP contribution in [-0.2, 0) is 11.3 Å². The average Bonchev–Trinajstić information content (AvgIpc) is 2.32. The molecule has 1 heterocycles. The number of rotatable bonds is 3. The zero-order valence-electron chi connectivity index (χ0n) is 9.45. The largest absolute Gasteiger partial charge is 0.378 e. The summed E-state index contributed by atoms with van der Waals surface area (Å²) in [5.41, 5.74) is 1.24. The Hall–Kier alpha value is -1.23. The Morgan fingerprint density at radius 3 is 2.67 bits per heavy atom. The van der Waals surface area contributed by atoms with E-state index in [2.05, 4.69) is 9.97 Å². The van der Waals surface area contributed by atoms with Gasteiger partial charge in [-0.05, 0) is 24.3 Å². The number of hydrogen-bond donors (Lipinski definition) is 0. The van der Waals surface area contributed by atoms with Crippen molar-refractivity contribution in [2.75, 3.05) is 7.11 Å². The minimum atomic E-state index is -0.487. The smallest absolute Gasteiger partial charge is 0.161 e.